The lowest BCUT2D eigenvalue weighted by atomic mass is 10.1. The van der Waals surface area contributed by atoms with Crippen molar-refractivity contribution < 1.29 is 14.3 Å². The van der Waals surface area contributed by atoms with Crippen molar-refractivity contribution in [2.24, 2.45) is 0 Å². The fourth-order valence-electron chi connectivity index (χ4n) is 3.51. The van der Waals surface area contributed by atoms with Crippen LogP contribution < -0.4 is 9.64 Å². The predicted molar refractivity (Wildman–Crippen MR) is 94.6 cm³/mol. The van der Waals surface area contributed by atoms with E-state index in [0.717, 1.165) is 63.5 Å². The largest absolute Gasteiger partial charge is 0.492 e. The lowest BCUT2D eigenvalue weighted by Crippen LogP contribution is -2.49. The van der Waals surface area contributed by atoms with Crippen LogP contribution in [0.3, 0.4) is 0 Å². The molecule has 1 amide bonds. The Morgan fingerprint density at radius 2 is 2.04 bits per heavy atom. The van der Waals surface area contributed by atoms with Crippen molar-refractivity contribution in [1.29, 1.82) is 0 Å². The summed E-state index contributed by atoms with van der Waals surface area (Å²) in [6.45, 7) is 6.80. The fraction of sp³-hybridized carbons (Fsp3) is 0.632. The molecule has 24 heavy (non-hydrogen) atoms. The molecule has 2 saturated heterocycles. The van der Waals surface area contributed by atoms with E-state index in [9.17, 15) is 4.79 Å². The van der Waals surface area contributed by atoms with Gasteiger partial charge in [-0.15, -0.1) is 0 Å². The predicted octanol–water partition coefficient (Wildman–Crippen LogP) is 2.69. The molecule has 0 N–H and O–H groups in total. The molecule has 1 unspecified atom stereocenters. The van der Waals surface area contributed by atoms with E-state index in [2.05, 4.69) is 11.0 Å². The third kappa shape index (κ3) is 4.20. The first-order valence-corrected chi connectivity index (χ1v) is 9.14. The standard InChI is InChI=1S/C19H28N2O3/c1-2-23-18-8-4-3-7-17(18)20-11-13-21(14-12-20)19(22)10-9-16-6-5-15-24-16/h3-4,7-8,16H,2,5-6,9-15H2,1H3. The van der Waals surface area contributed by atoms with Crippen LogP contribution in [0.25, 0.3) is 0 Å². The van der Waals surface area contributed by atoms with Crippen LogP contribution in [0, 0.1) is 0 Å². The maximum Gasteiger partial charge on any atom is 0.222 e. The monoisotopic (exact) mass is 332 g/mol. The minimum atomic E-state index is 0.267. The van der Waals surface area contributed by atoms with Gasteiger partial charge in [0.2, 0.25) is 5.91 Å². The van der Waals surface area contributed by atoms with Crippen molar-refractivity contribution in [3.8, 4) is 5.75 Å². The van der Waals surface area contributed by atoms with Gasteiger partial charge < -0.3 is 19.3 Å². The Kier molecular flexibility index (Phi) is 5.96. The number of carbonyl (C=O) groups is 1. The van der Waals surface area contributed by atoms with Crippen LogP contribution in [0.4, 0.5) is 5.69 Å². The highest BCUT2D eigenvalue weighted by molar-refractivity contribution is 5.76. The number of benzene rings is 1. The summed E-state index contributed by atoms with van der Waals surface area (Å²) in [6.07, 6.45) is 4.02. The number of ether oxygens (including phenoxy) is 2. The van der Waals surface area contributed by atoms with Gasteiger partial charge in [-0.3, -0.25) is 4.79 Å². The topological polar surface area (TPSA) is 42.0 Å². The van der Waals surface area contributed by atoms with E-state index in [1.54, 1.807) is 0 Å². The van der Waals surface area contributed by atoms with E-state index >= 15 is 0 Å². The van der Waals surface area contributed by atoms with E-state index in [4.69, 9.17) is 9.47 Å². The van der Waals surface area contributed by atoms with Gasteiger partial charge in [0.15, 0.2) is 0 Å². The minimum absolute atomic E-state index is 0.267. The van der Waals surface area contributed by atoms with Gasteiger partial charge in [-0.2, -0.15) is 0 Å². The minimum Gasteiger partial charge on any atom is -0.492 e. The molecule has 5 heteroatoms. The number of carbonyl (C=O) groups excluding carboxylic acids is 1. The van der Waals surface area contributed by atoms with Crippen LogP contribution in [-0.4, -0.2) is 56.3 Å². The van der Waals surface area contributed by atoms with E-state index < -0.39 is 0 Å². The smallest absolute Gasteiger partial charge is 0.222 e. The Balaban J connectivity index is 1.49. The third-order valence-corrected chi connectivity index (χ3v) is 4.84. The summed E-state index contributed by atoms with van der Waals surface area (Å²) in [7, 11) is 0. The molecule has 1 aromatic carbocycles. The number of piperazine rings is 1. The van der Waals surface area contributed by atoms with Crippen molar-refractivity contribution in [2.75, 3.05) is 44.3 Å². The number of amides is 1. The molecule has 2 heterocycles. The lowest BCUT2D eigenvalue weighted by molar-refractivity contribution is -0.132. The zero-order valence-electron chi connectivity index (χ0n) is 14.6. The molecule has 3 rings (SSSR count). The summed E-state index contributed by atoms with van der Waals surface area (Å²) in [6, 6.07) is 8.15. The molecular formula is C19H28N2O3. The highest BCUT2D eigenvalue weighted by atomic mass is 16.5. The van der Waals surface area contributed by atoms with Gasteiger partial charge in [-0.25, -0.2) is 0 Å². The van der Waals surface area contributed by atoms with Crippen LogP contribution in [0.5, 0.6) is 5.75 Å². The Labute approximate surface area is 144 Å². The van der Waals surface area contributed by atoms with Gasteiger partial charge in [0, 0.05) is 39.2 Å². The normalized spacial score (nSPS) is 21.1. The zero-order chi connectivity index (χ0) is 16.8. The molecule has 0 aromatic heterocycles. The van der Waals surface area contributed by atoms with E-state index in [1.165, 1.54) is 0 Å². The van der Waals surface area contributed by atoms with Crippen molar-refractivity contribution in [2.45, 2.75) is 38.7 Å². The molecule has 1 aromatic rings. The SMILES string of the molecule is CCOc1ccccc1N1CCN(C(=O)CCC2CCCO2)CC1. The summed E-state index contributed by atoms with van der Waals surface area (Å²) in [4.78, 5) is 16.7. The van der Waals surface area contributed by atoms with Crippen molar-refractivity contribution in [1.82, 2.24) is 4.90 Å². The molecule has 2 aliphatic rings. The number of para-hydroxylation sites is 2. The van der Waals surface area contributed by atoms with Crippen LogP contribution in [0.15, 0.2) is 24.3 Å². The molecule has 2 fully saturated rings. The second kappa shape index (κ2) is 8.38. The quantitative estimate of drug-likeness (QED) is 0.803. The molecule has 0 aliphatic carbocycles. The van der Waals surface area contributed by atoms with Crippen molar-refractivity contribution in [3.05, 3.63) is 24.3 Å². The lowest BCUT2D eigenvalue weighted by Gasteiger charge is -2.36. The Morgan fingerprint density at radius 3 is 2.75 bits per heavy atom. The Bertz CT molecular complexity index is 535. The van der Waals surface area contributed by atoms with E-state index in [0.29, 0.717) is 19.1 Å². The van der Waals surface area contributed by atoms with Crippen LogP contribution in [0.1, 0.15) is 32.6 Å². The number of rotatable bonds is 6. The highest BCUT2D eigenvalue weighted by Gasteiger charge is 2.24. The number of anilines is 1. The summed E-state index contributed by atoms with van der Waals surface area (Å²) < 4.78 is 11.3. The highest BCUT2D eigenvalue weighted by Crippen LogP contribution is 2.29. The van der Waals surface area contributed by atoms with Crippen LogP contribution >= 0.6 is 0 Å². The molecule has 1 atom stereocenters. The molecular weight excluding hydrogens is 304 g/mol. The number of hydrogen-bond acceptors (Lipinski definition) is 4. The van der Waals surface area contributed by atoms with Crippen LogP contribution in [0.2, 0.25) is 0 Å². The van der Waals surface area contributed by atoms with Gasteiger partial charge in [-0.1, -0.05) is 12.1 Å². The summed E-state index contributed by atoms with van der Waals surface area (Å²) in [5, 5.41) is 0. The Hall–Kier alpha value is -1.75. The average molecular weight is 332 g/mol. The summed E-state index contributed by atoms with van der Waals surface area (Å²) >= 11 is 0. The van der Waals surface area contributed by atoms with Gasteiger partial charge >= 0.3 is 0 Å². The summed E-state index contributed by atoms with van der Waals surface area (Å²) in [5.74, 6) is 1.20. The third-order valence-electron chi connectivity index (χ3n) is 4.84. The molecule has 0 bridgehead atoms. The Morgan fingerprint density at radius 1 is 1.25 bits per heavy atom. The van der Waals surface area contributed by atoms with Crippen molar-refractivity contribution >= 4 is 11.6 Å². The fourth-order valence-corrected chi connectivity index (χ4v) is 3.51. The average Bonchev–Trinajstić information content (AvgIpc) is 3.14. The molecule has 0 saturated carbocycles. The number of nitrogens with zero attached hydrogens (tertiary/aromatic N) is 2. The van der Waals surface area contributed by atoms with Gasteiger partial charge in [0.1, 0.15) is 5.75 Å². The first-order valence-electron chi connectivity index (χ1n) is 9.14. The second-order valence-corrected chi connectivity index (χ2v) is 6.44. The number of hydrogen-bond donors (Lipinski definition) is 0. The van der Waals surface area contributed by atoms with Gasteiger partial charge in [0.05, 0.1) is 18.4 Å². The molecule has 5 nitrogen and oxygen atoms in total. The maximum absolute atomic E-state index is 12.4. The maximum atomic E-state index is 12.4. The van der Waals surface area contributed by atoms with Gasteiger partial charge in [-0.05, 0) is 38.3 Å². The first-order chi connectivity index (χ1) is 11.8. The molecule has 0 radical (unpaired) electrons. The molecule has 132 valence electrons. The first kappa shape index (κ1) is 17.1. The van der Waals surface area contributed by atoms with E-state index in [-0.39, 0.29) is 5.91 Å². The molecule has 0 spiro atoms. The summed E-state index contributed by atoms with van der Waals surface area (Å²) in [5.41, 5.74) is 1.13. The second-order valence-electron chi connectivity index (χ2n) is 6.44. The van der Waals surface area contributed by atoms with Gasteiger partial charge in [0.25, 0.3) is 0 Å². The zero-order valence-corrected chi connectivity index (χ0v) is 14.6. The van der Waals surface area contributed by atoms with Crippen molar-refractivity contribution in [3.63, 3.8) is 0 Å². The van der Waals surface area contributed by atoms with E-state index in [1.807, 2.05) is 30.0 Å². The molecule has 2 aliphatic heterocycles. The van der Waals surface area contributed by atoms with Crippen LogP contribution in [-0.2, 0) is 9.53 Å².